The van der Waals surface area contributed by atoms with E-state index in [1.165, 1.54) is 12.8 Å². The molecule has 1 aliphatic heterocycles. The predicted molar refractivity (Wildman–Crippen MR) is 77.8 cm³/mol. The number of nitrogens with zero attached hydrogens (tertiary/aromatic N) is 2. The lowest BCUT2D eigenvalue weighted by atomic mass is 9.71. The van der Waals surface area contributed by atoms with Crippen molar-refractivity contribution >= 4 is 5.91 Å². The van der Waals surface area contributed by atoms with Crippen LogP contribution in [0.1, 0.15) is 57.8 Å². The summed E-state index contributed by atoms with van der Waals surface area (Å²) in [7, 11) is 0. The monoisotopic (exact) mass is 272 g/mol. The molecule has 3 nitrogen and oxygen atoms in total. The van der Waals surface area contributed by atoms with Crippen LogP contribution in [0.2, 0.25) is 0 Å². The molecule has 1 atom stereocenters. The second-order valence-electron chi connectivity index (χ2n) is 6.95. The van der Waals surface area contributed by atoms with Crippen molar-refractivity contribution in [1.29, 1.82) is 5.26 Å². The first-order valence-electron chi connectivity index (χ1n) is 8.05. The molecule has 0 aromatic heterocycles. The Morgan fingerprint density at radius 1 is 1.10 bits per heavy atom. The van der Waals surface area contributed by atoms with Crippen LogP contribution in [0.5, 0.6) is 0 Å². The molecule has 2 fully saturated rings. The summed E-state index contributed by atoms with van der Waals surface area (Å²) in [6.07, 6.45) is 13.9. The fourth-order valence-corrected chi connectivity index (χ4v) is 4.35. The molecule has 3 heteroatoms. The van der Waals surface area contributed by atoms with E-state index in [-0.39, 0.29) is 5.91 Å². The Morgan fingerprint density at radius 3 is 2.55 bits per heavy atom. The van der Waals surface area contributed by atoms with E-state index in [0.717, 1.165) is 58.0 Å². The van der Waals surface area contributed by atoms with E-state index in [1.54, 1.807) is 0 Å². The lowest BCUT2D eigenvalue weighted by molar-refractivity contribution is -0.142. The zero-order chi connectivity index (χ0) is 14.1. The number of amides is 1. The maximum atomic E-state index is 12.9. The van der Waals surface area contributed by atoms with Crippen molar-refractivity contribution in [2.75, 3.05) is 13.1 Å². The van der Waals surface area contributed by atoms with Crippen LogP contribution in [0.3, 0.4) is 0 Å². The molecule has 1 saturated heterocycles. The van der Waals surface area contributed by atoms with Crippen LogP contribution in [0.25, 0.3) is 0 Å². The maximum absolute atomic E-state index is 12.9. The fraction of sp³-hybridized carbons (Fsp3) is 0.765. The highest BCUT2D eigenvalue weighted by Gasteiger charge is 2.46. The number of likely N-dealkylation sites (tertiary alicyclic amines) is 1. The van der Waals surface area contributed by atoms with Gasteiger partial charge in [-0.25, -0.2) is 0 Å². The molecule has 0 unspecified atom stereocenters. The lowest BCUT2D eigenvalue weighted by Crippen LogP contribution is -2.51. The van der Waals surface area contributed by atoms with Crippen LogP contribution < -0.4 is 0 Å². The highest BCUT2D eigenvalue weighted by Crippen LogP contribution is 2.44. The lowest BCUT2D eigenvalue weighted by Gasteiger charge is -2.45. The summed E-state index contributed by atoms with van der Waals surface area (Å²) in [5.41, 5.74) is -0.388. The maximum Gasteiger partial charge on any atom is 0.243 e. The molecule has 0 N–H and O–H groups in total. The Morgan fingerprint density at radius 2 is 1.90 bits per heavy atom. The van der Waals surface area contributed by atoms with Gasteiger partial charge >= 0.3 is 0 Å². The molecular formula is C17H24N2O. The number of piperidine rings is 1. The zero-order valence-corrected chi connectivity index (χ0v) is 12.2. The van der Waals surface area contributed by atoms with Gasteiger partial charge in [0.1, 0.15) is 5.41 Å². The third-order valence-corrected chi connectivity index (χ3v) is 5.59. The van der Waals surface area contributed by atoms with Gasteiger partial charge in [0, 0.05) is 13.1 Å². The third-order valence-electron chi connectivity index (χ3n) is 5.59. The van der Waals surface area contributed by atoms with E-state index < -0.39 is 5.41 Å². The van der Waals surface area contributed by atoms with Gasteiger partial charge < -0.3 is 4.90 Å². The first kappa shape index (κ1) is 13.7. The largest absolute Gasteiger partial charge is 0.341 e. The summed E-state index contributed by atoms with van der Waals surface area (Å²) < 4.78 is 0. The van der Waals surface area contributed by atoms with E-state index in [9.17, 15) is 10.1 Å². The highest BCUT2D eigenvalue weighted by molar-refractivity contribution is 5.86. The van der Waals surface area contributed by atoms with E-state index >= 15 is 0 Å². The van der Waals surface area contributed by atoms with Crippen LogP contribution in [0, 0.1) is 22.2 Å². The molecule has 3 rings (SSSR count). The predicted octanol–water partition coefficient (Wildman–Crippen LogP) is 3.42. The summed E-state index contributed by atoms with van der Waals surface area (Å²) >= 11 is 0. The molecule has 2 aliphatic carbocycles. The van der Waals surface area contributed by atoms with E-state index in [1.807, 2.05) is 4.90 Å². The van der Waals surface area contributed by atoms with Crippen molar-refractivity contribution < 1.29 is 4.79 Å². The average molecular weight is 272 g/mol. The molecular weight excluding hydrogens is 248 g/mol. The van der Waals surface area contributed by atoms with Gasteiger partial charge in [0.05, 0.1) is 6.07 Å². The number of hydrogen-bond acceptors (Lipinski definition) is 2. The molecule has 20 heavy (non-hydrogen) atoms. The number of carbonyl (C=O) groups is 1. The van der Waals surface area contributed by atoms with Crippen molar-refractivity contribution in [2.45, 2.75) is 57.8 Å². The second kappa shape index (κ2) is 5.24. The number of hydrogen-bond donors (Lipinski definition) is 0. The topological polar surface area (TPSA) is 44.1 Å². The number of rotatable bonds is 1. The Labute approximate surface area is 121 Å². The first-order valence-corrected chi connectivity index (χ1v) is 8.05. The summed E-state index contributed by atoms with van der Waals surface area (Å²) in [5.74, 6) is 0.131. The average Bonchev–Trinajstić information content (AvgIpc) is 2.97. The van der Waals surface area contributed by atoms with Crippen molar-refractivity contribution in [1.82, 2.24) is 4.90 Å². The number of nitriles is 1. The Hall–Kier alpha value is -1.30. The third kappa shape index (κ3) is 2.26. The van der Waals surface area contributed by atoms with Crippen molar-refractivity contribution in [3.8, 4) is 6.07 Å². The minimum atomic E-state index is -0.691. The Balaban J connectivity index is 1.75. The van der Waals surface area contributed by atoms with Crippen molar-refractivity contribution in [3.63, 3.8) is 0 Å². The minimum absolute atomic E-state index is 0.131. The molecule has 3 aliphatic rings. The molecule has 108 valence electrons. The van der Waals surface area contributed by atoms with E-state index in [4.69, 9.17) is 0 Å². The first-order chi connectivity index (χ1) is 9.70. The highest BCUT2D eigenvalue weighted by atomic mass is 16.2. The summed E-state index contributed by atoms with van der Waals surface area (Å²) in [6, 6.07) is 2.36. The number of allylic oxidation sites excluding steroid dienone is 2. The standard InChI is InChI=1S/C17H24N2O/c18-13-17(10-4-5-11-17)15(20)19-12-6-9-16(14-19)7-2-1-3-8-16/h1-2H,3-12,14H2/t16-/m1/s1. The van der Waals surface area contributed by atoms with Crippen molar-refractivity contribution in [3.05, 3.63) is 12.2 Å². The van der Waals surface area contributed by atoms with Gasteiger partial charge in [0.2, 0.25) is 5.91 Å². The van der Waals surface area contributed by atoms with Gasteiger partial charge in [0.15, 0.2) is 0 Å². The van der Waals surface area contributed by atoms with E-state index in [2.05, 4.69) is 18.2 Å². The van der Waals surface area contributed by atoms with Crippen LogP contribution in [0.4, 0.5) is 0 Å². The summed E-state index contributed by atoms with van der Waals surface area (Å²) in [5, 5.41) is 9.51. The molecule has 0 radical (unpaired) electrons. The fourth-order valence-electron chi connectivity index (χ4n) is 4.35. The molecule has 0 aromatic carbocycles. The van der Waals surface area contributed by atoms with Crippen LogP contribution in [0.15, 0.2) is 12.2 Å². The Bertz CT molecular complexity index is 456. The summed E-state index contributed by atoms with van der Waals surface area (Å²) in [4.78, 5) is 14.9. The smallest absolute Gasteiger partial charge is 0.243 e. The Kier molecular flexibility index (Phi) is 3.58. The molecule has 0 bridgehead atoms. The molecule has 1 saturated carbocycles. The summed E-state index contributed by atoms with van der Waals surface area (Å²) in [6.45, 7) is 1.73. The van der Waals surface area contributed by atoms with E-state index in [0.29, 0.717) is 5.41 Å². The molecule has 1 heterocycles. The van der Waals surface area contributed by atoms with Crippen LogP contribution in [-0.4, -0.2) is 23.9 Å². The minimum Gasteiger partial charge on any atom is -0.341 e. The van der Waals surface area contributed by atoms with Gasteiger partial charge in [-0.15, -0.1) is 0 Å². The van der Waals surface area contributed by atoms with Gasteiger partial charge in [0.25, 0.3) is 0 Å². The van der Waals surface area contributed by atoms with Crippen LogP contribution in [-0.2, 0) is 4.79 Å². The van der Waals surface area contributed by atoms with Crippen LogP contribution >= 0.6 is 0 Å². The van der Waals surface area contributed by atoms with Gasteiger partial charge in [-0.1, -0.05) is 25.0 Å². The number of carbonyl (C=O) groups excluding carboxylic acids is 1. The molecule has 1 amide bonds. The second-order valence-corrected chi connectivity index (χ2v) is 6.95. The SMILES string of the molecule is N#CC1(C(=O)N2CCC[C@]3(CC=CCC3)C2)CCCC1. The van der Waals surface area contributed by atoms with Gasteiger partial charge in [-0.2, -0.15) is 5.26 Å². The quantitative estimate of drug-likeness (QED) is 0.686. The zero-order valence-electron chi connectivity index (χ0n) is 12.2. The normalized spacial score (nSPS) is 32.2. The van der Waals surface area contributed by atoms with Gasteiger partial charge in [-0.05, 0) is 50.4 Å². The van der Waals surface area contributed by atoms with Gasteiger partial charge in [-0.3, -0.25) is 4.79 Å². The molecule has 0 aromatic rings. The molecule has 1 spiro atoms. The van der Waals surface area contributed by atoms with Crippen molar-refractivity contribution in [2.24, 2.45) is 10.8 Å².